The number of benzene rings is 1. The quantitative estimate of drug-likeness (QED) is 0.645. The second kappa shape index (κ2) is 5.74. The Hall–Kier alpha value is -1.35. The van der Waals surface area contributed by atoms with E-state index in [1.807, 2.05) is 18.2 Å². The first-order valence-electron chi connectivity index (χ1n) is 7.09. The summed E-state index contributed by atoms with van der Waals surface area (Å²) in [6.07, 6.45) is 2.46. The van der Waals surface area contributed by atoms with E-state index in [0.717, 1.165) is 25.2 Å². The summed E-state index contributed by atoms with van der Waals surface area (Å²) in [6.45, 7) is 7.77. The van der Waals surface area contributed by atoms with Crippen LogP contribution in [0, 0.1) is 10.8 Å². The van der Waals surface area contributed by atoms with Gasteiger partial charge in [0, 0.05) is 6.54 Å². The van der Waals surface area contributed by atoms with Crippen LogP contribution in [0.5, 0.6) is 0 Å². The highest BCUT2D eigenvalue weighted by Gasteiger charge is 2.27. The molecule has 1 aliphatic heterocycles. The molecule has 1 aromatic carbocycles. The third-order valence-corrected chi connectivity index (χ3v) is 4.23. The van der Waals surface area contributed by atoms with E-state index in [1.54, 1.807) is 0 Å². The maximum absolute atomic E-state index is 7.84. The molecule has 0 saturated carbocycles. The van der Waals surface area contributed by atoms with Crippen molar-refractivity contribution >= 4 is 5.84 Å². The van der Waals surface area contributed by atoms with Gasteiger partial charge in [-0.2, -0.15) is 0 Å². The van der Waals surface area contributed by atoms with Crippen LogP contribution in [0.4, 0.5) is 0 Å². The first kappa shape index (κ1) is 14.1. The number of likely N-dealkylation sites (tertiary alicyclic amines) is 1. The van der Waals surface area contributed by atoms with Gasteiger partial charge < -0.3 is 10.6 Å². The molecule has 3 N–H and O–H groups in total. The first-order chi connectivity index (χ1) is 8.98. The lowest BCUT2D eigenvalue weighted by Gasteiger charge is -2.38. The number of nitrogens with two attached hydrogens (primary N) is 1. The summed E-state index contributed by atoms with van der Waals surface area (Å²) in [4.78, 5) is 2.45. The second-order valence-electron chi connectivity index (χ2n) is 6.38. The summed E-state index contributed by atoms with van der Waals surface area (Å²) < 4.78 is 0. The fraction of sp³-hybridized carbons (Fsp3) is 0.562. The summed E-state index contributed by atoms with van der Waals surface area (Å²) in [5.41, 5.74) is 7.42. The monoisotopic (exact) mass is 259 g/mol. The predicted molar refractivity (Wildman–Crippen MR) is 80.6 cm³/mol. The van der Waals surface area contributed by atoms with Crippen molar-refractivity contribution in [2.45, 2.75) is 32.6 Å². The van der Waals surface area contributed by atoms with Crippen molar-refractivity contribution in [3.8, 4) is 0 Å². The van der Waals surface area contributed by atoms with Gasteiger partial charge in [0.25, 0.3) is 0 Å². The van der Waals surface area contributed by atoms with Gasteiger partial charge in [-0.3, -0.25) is 5.41 Å². The highest BCUT2D eigenvalue weighted by molar-refractivity contribution is 5.84. The van der Waals surface area contributed by atoms with Crippen molar-refractivity contribution in [1.29, 1.82) is 5.41 Å². The van der Waals surface area contributed by atoms with Gasteiger partial charge in [0.2, 0.25) is 0 Å². The van der Waals surface area contributed by atoms with Gasteiger partial charge >= 0.3 is 0 Å². The summed E-state index contributed by atoms with van der Waals surface area (Å²) >= 11 is 0. The zero-order valence-electron chi connectivity index (χ0n) is 12.0. The third-order valence-electron chi connectivity index (χ3n) is 4.23. The maximum atomic E-state index is 7.84. The molecule has 1 aromatic rings. The SMILES string of the molecule is CC1(C)CCN(CC(C(=N)N)c2ccccc2)CC1. The topological polar surface area (TPSA) is 53.1 Å². The van der Waals surface area contributed by atoms with Gasteiger partial charge in [0.05, 0.1) is 11.8 Å². The van der Waals surface area contributed by atoms with Crippen LogP contribution in [0.2, 0.25) is 0 Å². The van der Waals surface area contributed by atoms with Crippen LogP contribution in [0.3, 0.4) is 0 Å². The summed E-state index contributed by atoms with van der Waals surface area (Å²) in [5.74, 6) is 0.304. The molecule has 0 aliphatic carbocycles. The molecule has 1 heterocycles. The Kier molecular flexibility index (Phi) is 4.25. The number of nitrogens with one attached hydrogen (secondary N) is 1. The second-order valence-corrected chi connectivity index (χ2v) is 6.38. The van der Waals surface area contributed by atoms with E-state index < -0.39 is 0 Å². The van der Waals surface area contributed by atoms with Crippen molar-refractivity contribution in [3.05, 3.63) is 35.9 Å². The predicted octanol–water partition coefficient (Wildman–Crippen LogP) is 2.83. The molecule has 1 aliphatic rings. The molecular weight excluding hydrogens is 234 g/mol. The van der Waals surface area contributed by atoms with Crippen LogP contribution in [0.15, 0.2) is 30.3 Å². The molecule has 0 aromatic heterocycles. The van der Waals surface area contributed by atoms with Crippen molar-refractivity contribution < 1.29 is 0 Å². The molecule has 0 bridgehead atoms. The van der Waals surface area contributed by atoms with Crippen molar-refractivity contribution in [1.82, 2.24) is 4.90 Å². The Labute approximate surface area is 116 Å². The average Bonchev–Trinajstić information content (AvgIpc) is 2.38. The molecule has 1 fully saturated rings. The van der Waals surface area contributed by atoms with E-state index in [2.05, 4.69) is 30.9 Å². The first-order valence-corrected chi connectivity index (χ1v) is 7.09. The molecular formula is C16H25N3. The fourth-order valence-electron chi connectivity index (χ4n) is 2.67. The third kappa shape index (κ3) is 3.80. The molecule has 3 nitrogen and oxygen atoms in total. The van der Waals surface area contributed by atoms with Gasteiger partial charge in [-0.1, -0.05) is 44.2 Å². The van der Waals surface area contributed by atoms with Gasteiger partial charge in [-0.25, -0.2) is 0 Å². The number of amidine groups is 1. The fourth-order valence-corrected chi connectivity index (χ4v) is 2.67. The largest absolute Gasteiger partial charge is 0.387 e. The Bertz CT molecular complexity index is 415. The van der Waals surface area contributed by atoms with Gasteiger partial charge in [-0.15, -0.1) is 0 Å². The number of nitrogens with zero attached hydrogens (tertiary/aromatic N) is 1. The van der Waals surface area contributed by atoms with Crippen molar-refractivity contribution in [2.24, 2.45) is 11.1 Å². The van der Waals surface area contributed by atoms with Crippen LogP contribution >= 0.6 is 0 Å². The van der Waals surface area contributed by atoms with Gasteiger partial charge in [-0.05, 0) is 36.9 Å². The number of hydrogen-bond acceptors (Lipinski definition) is 2. The van der Waals surface area contributed by atoms with Crippen molar-refractivity contribution in [3.63, 3.8) is 0 Å². The Balaban J connectivity index is 2.01. The van der Waals surface area contributed by atoms with E-state index in [9.17, 15) is 0 Å². The number of rotatable bonds is 4. The minimum Gasteiger partial charge on any atom is -0.387 e. The standard InChI is InChI=1S/C16H25N3/c1-16(2)8-10-19(11-9-16)12-14(15(17)18)13-6-4-3-5-7-13/h3-7,14H,8-12H2,1-2H3,(H3,17,18). The number of hydrogen-bond donors (Lipinski definition) is 2. The molecule has 0 amide bonds. The summed E-state index contributed by atoms with van der Waals surface area (Å²) in [7, 11) is 0. The van der Waals surface area contributed by atoms with E-state index in [0.29, 0.717) is 5.41 Å². The van der Waals surface area contributed by atoms with E-state index in [4.69, 9.17) is 11.1 Å². The molecule has 0 spiro atoms. The highest BCUT2D eigenvalue weighted by atomic mass is 15.1. The maximum Gasteiger partial charge on any atom is 0.0995 e. The molecule has 104 valence electrons. The summed E-state index contributed by atoms with van der Waals surface area (Å²) in [5, 5.41) is 7.84. The molecule has 3 heteroatoms. The normalized spacial score (nSPS) is 20.9. The van der Waals surface area contributed by atoms with Crippen LogP contribution in [0.1, 0.15) is 38.2 Å². The average molecular weight is 259 g/mol. The molecule has 0 radical (unpaired) electrons. The smallest absolute Gasteiger partial charge is 0.0995 e. The van der Waals surface area contributed by atoms with Crippen LogP contribution < -0.4 is 5.73 Å². The van der Waals surface area contributed by atoms with Crippen molar-refractivity contribution in [2.75, 3.05) is 19.6 Å². The highest BCUT2D eigenvalue weighted by Crippen LogP contribution is 2.30. The lowest BCUT2D eigenvalue weighted by Crippen LogP contribution is -2.41. The minimum atomic E-state index is 0.0300. The van der Waals surface area contributed by atoms with E-state index in [-0.39, 0.29) is 11.8 Å². The Morgan fingerprint density at radius 2 is 1.84 bits per heavy atom. The van der Waals surface area contributed by atoms with Crippen LogP contribution in [0.25, 0.3) is 0 Å². The lowest BCUT2D eigenvalue weighted by molar-refractivity contribution is 0.131. The zero-order chi connectivity index (χ0) is 13.9. The lowest BCUT2D eigenvalue weighted by atomic mass is 9.82. The molecule has 1 unspecified atom stereocenters. The molecule has 1 saturated heterocycles. The molecule has 2 rings (SSSR count). The number of piperidine rings is 1. The van der Waals surface area contributed by atoms with Gasteiger partial charge in [0.15, 0.2) is 0 Å². The van der Waals surface area contributed by atoms with Gasteiger partial charge in [0.1, 0.15) is 0 Å². The molecule has 1 atom stereocenters. The van der Waals surface area contributed by atoms with Crippen LogP contribution in [-0.4, -0.2) is 30.4 Å². The zero-order valence-corrected chi connectivity index (χ0v) is 12.0. The Morgan fingerprint density at radius 3 is 2.37 bits per heavy atom. The van der Waals surface area contributed by atoms with Crippen LogP contribution in [-0.2, 0) is 0 Å². The van der Waals surface area contributed by atoms with E-state index in [1.165, 1.54) is 12.8 Å². The minimum absolute atomic E-state index is 0.0300. The molecule has 19 heavy (non-hydrogen) atoms. The summed E-state index contributed by atoms with van der Waals surface area (Å²) in [6, 6.07) is 10.2. The van der Waals surface area contributed by atoms with E-state index >= 15 is 0 Å². The Morgan fingerprint density at radius 1 is 1.26 bits per heavy atom.